The number of nitrogens with zero attached hydrogens (tertiary/aromatic N) is 4. The van der Waals surface area contributed by atoms with Gasteiger partial charge in [0.05, 0.1) is 18.2 Å². The summed E-state index contributed by atoms with van der Waals surface area (Å²) in [5.74, 6) is 0.887. The molecule has 1 atom stereocenters. The molecule has 1 N–H and O–H groups in total. The van der Waals surface area contributed by atoms with Gasteiger partial charge in [-0.3, -0.25) is 0 Å². The first-order chi connectivity index (χ1) is 8.70. The molecule has 0 aliphatic heterocycles. The average Bonchev–Trinajstić information content (AvgIpc) is 2.81. The Morgan fingerprint density at radius 1 is 1.50 bits per heavy atom. The second-order valence-electron chi connectivity index (χ2n) is 4.20. The van der Waals surface area contributed by atoms with Crippen molar-refractivity contribution < 1.29 is 0 Å². The van der Waals surface area contributed by atoms with Crippen LogP contribution in [0.2, 0.25) is 0 Å². The van der Waals surface area contributed by atoms with Crippen LogP contribution in [0.4, 0.5) is 0 Å². The van der Waals surface area contributed by atoms with Gasteiger partial charge in [-0.15, -0.1) is 10.2 Å². The minimum absolute atomic E-state index is 0.162. The second-order valence-corrected chi connectivity index (χ2v) is 4.20. The maximum absolute atomic E-state index is 8.87. The van der Waals surface area contributed by atoms with Crippen molar-refractivity contribution in [2.24, 2.45) is 7.05 Å². The summed E-state index contributed by atoms with van der Waals surface area (Å²) < 4.78 is 1.88. The SMILES string of the molecule is CC(NCc1nncn1C)c1cccc(C#N)c1. The molecule has 92 valence electrons. The lowest BCUT2D eigenvalue weighted by Crippen LogP contribution is -2.20. The molecule has 0 aliphatic rings. The van der Waals surface area contributed by atoms with Gasteiger partial charge in [-0.1, -0.05) is 12.1 Å². The molecule has 18 heavy (non-hydrogen) atoms. The highest BCUT2D eigenvalue weighted by molar-refractivity contribution is 5.34. The van der Waals surface area contributed by atoms with Gasteiger partial charge in [-0.05, 0) is 24.6 Å². The first-order valence-corrected chi connectivity index (χ1v) is 5.77. The van der Waals surface area contributed by atoms with Gasteiger partial charge in [0.25, 0.3) is 0 Å². The predicted molar refractivity (Wildman–Crippen MR) is 67.4 cm³/mol. The van der Waals surface area contributed by atoms with Gasteiger partial charge < -0.3 is 9.88 Å². The van der Waals surface area contributed by atoms with E-state index in [0.29, 0.717) is 12.1 Å². The monoisotopic (exact) mass is 241 g/mol. The third-order valence-corrected chi connectivity index (χ3v) is 2.89. The molecule has 5 heteroatoms. The second kappa shape index (κ2) is 5.43. The quantitative estimate of drug-likeness (QED) is 0.881. The number of aromatic nitrogens is 3. The summed E-state index contributed by atoms with van der Waals surface area (Å²) in [6.07, 6.45) is 1.68. The molecule has 2 aromatic rings. The number of hydrogen-bond acceptors (Lipinski definition) is 4. The molecule has 0 amide bonds. The predicted octanol–water partition coefficient (Wildman–Crippen LogP) is 1.54. The lowest BCUT2D eigenvalue weighted by Gasteiger charge is -2.13. The van der Waals surface area contributed by atoms with Crippen LogP contribution in [0.1, 0.15) is 29.9 Å². The maximum Gasteiger partial charge on any atom is 0.146 e. The van der Waals surface area contributed by atoms with E-state index >= 15 is 0 Å². The van der Waals surface area contributed by atoms with Crippen molar-refractivity contribution in [3.63, 3.8) is 0 Å². The summed E-state index contributed by atoms with van der Waals surface area (Å²) in [6, 6.07) is 9.92. The molecule has 0 fully saturated rings. The number of nitriles is 1. The van der Waals surface area contributed by atoms with Crippen molar-refractivity contribution in [1.82, 2.24) is 20.1 Å². The van der Waals surface area contributed by atoms with E-state index in [1.165, 1.54) is 0 Å². The Labute approximate surface area is 106 Å². The number of aryl methyl sites for hydroxylation is 1. The fraction of sp³-hybridized carbons (Fsp3) is 0.308. The van der Waals surface area contributed by atoms with E-state index in [1.807, 2.05) is 29.8 Å². The van der Waals surface area contributed by atoms with Crippen LogP contribution in [-0.2, 0) is 13.6 Å². The Hall–Kier alpha value is -2.19. The lowest BCUT2D eigenvalue weighted by atomic mass is 10.1. The van der Waals surface area contributed by atoms with Crippen LogP contribution in [0.3, 0.4) is 0 Å². The van der Waals surface area contributed by atoms with Gasteiger partial charge in [0.15, 0.2) is 0 Å². The van der Waals surface area contributed by atoms with Crippen LogP contribution in [0.5, 0.6) is 0 Å². The van der Waals surface area contributed by atoms with Crippen molar-refractivity contribution in [3.8, 4) is 6.07 Å². The number of benzene rings is 1. The van der Waals surface area contributed by atoms with Crippen molar-refractivity contribution >= 4 is 0 Å². The molecule has 1 aromatic carbocycles. The highest BCUT2D eigenvalue weighted by atomic mass is 15.3. The fourth-order valence-corrected chi connectivity index (χ4v) is 1.71. The Morgan fingerprint density at radius 2 is 2.33 bits per heavy atom. The molecule has 0 saturated carbocycles. The van der Waals surface area contributed by atoms with Crippen LogP contribution in [0.15, 0.2) is 30.6 Å². The molecule has 0 bridgehead atoms. The van der Waals surface area contributed by atoms with Crippen LogP contribution >= 0.6 is 0 Å². The van der Waals surface area contributed by atoms with Gasteiger partial charge in [0.1, 0.15) is 12.2 Å². The minimum atomic E-state index is 0.162. The third-order valence-electron chi connectivity index (χ3n) is 2.89. The summed E-state index contributed by atoms with van der Waals surface area (Å²) in [5, 5.41) is 20.1. The number of nitrogens with one attached hydrogen (secondary N) is 1. The van der Waals surface area contributed by atoms with Crippen molar-refractivity contribution in [2.75, 3.05) is 0 Å². The van der Waals surface area contributed by atoms with E-state index in [0.717, 1.165) is 11.4 Å². The van der Waals surface area contributed by atoms with Gasteiger partial charge in [0.2, 0.25) is 0 Å². The maximum atomic E-state index is 8.87. The molecule has 1 heterocycles. The standard InChI is InChI=1S/C13H15N5/c1-10(12-5-3-4-11(6-12)7-14)15-8-13-17-16-9-18(13)2/h3-6,9-10,15H,8H2,1-2H3. The third kappa shape index (κ3) is 2.73. The van der Waals surface area contributed by atoms with E-state index in [9.17, 15) is 0 Å². The molecular formula is C13H15N5. The van der Waals surface area contributed by atoms with E-state index in [1.54, 1.807) is 12.4 Å². The molecule has 1 aromatic heterocycles. The van der Waals surface area contributed by atoms with E-state index in [2.05, 4.69) is 28.5 Å². The normalized spacial score (nSPS) is 12.1. The molecule has 0 spiro atoms. The highest BCUT2D eigenvalue weighted by Gasteiger charge is 2.07. The summed E-state index contributed by atoms with van der Waals surface area (Å²) in [4.78, 5) is 0. The van der Waals surface area contributed by atoms with Gasteiger partial charge in [-0.25, -0.2) is 0 Å². The van der Waals surface area contributed by atoms with Crippen LogP contribution in [-0.4, -0.2) is 14.8 Å². The largest absolute Gasteiger partial charge is 0.320 e. The molecule has 1 unspecified atom stereocenters. The van der Waals surface area contributed by atoms with Gasteiger partial charge >= 0.3 is 0 Å². The van der Waals surface area contributed by atoms with Crippen molar-refractivity contribution in [2.45, 2.75) is 19.5 Å². The van der Waals surface area contributed by atoms with E-state index in [4.69, 9.17) is 5.26 Å². The van der Waals surface area contributed by atoms with Crippen LogP contribution in [0, 0.1) is 11.3 Å². The van der Waals surface area contributed by atoms with Crippen molar-refractivity contribution in [3.05, 3.63) is 47.5 Å². The Morgan fingerprint density at radius 3 is 3.00 bits per heavy atom. The molecule has 2 rings (SSSR count). The number of rotatable bonds is 4. The van der Waals surface area contributed by atoms with E-state index in [-0.39, 0.29) is 6.04 Å². The summed E-state index contributed by atoms with van der Waals surface area (Å²) in [5.41, 5.74) is 1.77. The molecule has 0 radical (unpaired) electrons. The molecule has 0 aliphatic carbocycles. The molecule has 5 nitrogen and oxygen atoms in total. The first kappa shape index (κ1) is 12.3. The Balaban J connectivity index is 2.01. The Bertz CT molecular complexity index is 567. The highest BCUT2D eigenvalue weighted by Crippen LogP contribution is 2.14. The summed E-state index contributed by atoms with van der Waals surface area (Å²) >= 11 is 0. The summed E-state index contributed by atoms with van der Waals surface area (Å²) in [7, 11) is 1.91. The average molecular weight is 241 g/mol. The summed E-state index contributed by atoms with van der Waals surface area (Å²) in [6.45, 7) is 2.71. The molecule has 0 saturated heterocycles. The zero-order chi connectivity index (χ0) is 13.0. The molecular weight excluding hydrogens is 226 g/mol. The topological polar surface area (TPSA) is 66.5 Å². The first-order valence-electron chi connectivity index (χ1n) is 5.77. The lowest BCUT2D eigenvalue weighted by molar-refractivity contribution is 0.548. The van der Waals surface area contributed by atoms with E-state index < -0.39 is 0 Å². The minimum Gasteiger partial charge on any atom is -0.320 e. The van der Waals surface area contributed by atoms with Crippen molar-refractivity contribution in [1.29, 1.82) is 5.26 Å². The number of hydrogen-bond donors (Lipinski definition) is 1. The Kier molecular flexibility index (Phi) is 3.70. The fourth-order valence-electron chi connectivity index (χ4n) is 1.71. The zero-order valence-corrected chi connectivity index (χ0v) is 10.5. The van der Waals surface area contributed by atoms with Crippen LogP contribution < -0.4 is 5.32 Å². The zero-order valence-electron chi connectivity index (χ0n) is 10.5. The smallest absolute Gasteiger partial charge is 0.146 e. The van der Waals surface area contributed by atoms with Crippen LogP contribution in [0.25, 0.3) is 0 Å². The van der Waals surface area contributed by atoms with Gasteiger partial charge in [-0.2, -0.15) is 5.26 Å². The van der Waals surface area contributed by atoms with Gasteiger partial charge in [0, 0.05) is 13.1 Å².